The molecule has 4 fully saturated rings. The number of hydrogen-bond acceptors (Lipinski definition) is 8. The second-order valence-electron chi connectivity index (χ2n) is 13.1. The number of anilines is 1. The summed E-state index contributed by atoms with van der Waals surface area (Å²) >= 11 is 6.60. The molecule has 7 rings (SSSR count). The molecule has 3 atom stereocenters. The van der Waals surface area contributed by atoms with Crippen LogP contribution in [0.2, 0.25) is 5.02 Å². The van der Waals surface area contributed by atoms with Gasteiger partial charge in [0.1, 0.15) is 17.3 Å². The molecular formula is C34H39ClFN3O6S. The predicted octanol–water partition coefficient (Wildman–Crippen LogP) is 6.06. The summed E-state index contributed by atoms with van der Waals surface area (Å²) in [6, 6.07) is 11.0. The molecule has 2 saturated carbocycles. The molecule has 1 aromatic heterocycles. The fourth-order valence-electron chi connectivity index (χ4n) is 7.33. The molecule has 0 unspecified atom stereocenters. The van der Waals surface area contributed by atoms with Gasteiger partial charge in [-0.25, -0.2) is 12.8 Å². The van der Waals surface area contributed by atoms with Crippen molar-refractivity contribution in [3.63, 3.8) is 0 Å². The van der Waals surface area contributed by atoms with E-state index in [2.05, 4.69) is 14.8 Å². The van der Waals surface area contributed by atoms with Crippen molar-refractivity contribution in [2.45, 2.75) is 88.2 Å². The van der Waals surface area contributed by atoms with Gasteiger partial charge in [-0.15, -0.1) is 0 Å². The van der Waals surface area contributed by atoms with Crippen LogP contribution in [0, 0.1) is 18.7 Å². The SMILES string of the molecule is Cc1cccc(Cl)c1-c1noc(C2CC2)c1CO[C@@H]1C[C@@H]2C[C@H]1CN2c1ccc(CCC(=O)NS(=O)(=O)C2CCOCC2)cc1F. The van der Waals surface area contributed by atoms with Crippen LogP contribution in [0.5, 0.6) is 0 Å². The van der Waals surface area contributed by atoms with Crippen LogP contribution in [-0.2, 0) is 37.3 Å². The van der Waals surface area contributed by atoms with E-state index in [1.54, 1.807) is 6.07 Å². The number of piperidine rings is 1. The van der Waals surface area contributed by atoms with Gasteiger partial charge in [0.2, 0.25) is 15.9 Å². The van der Waals surface area contributed by atoms with Crippen molar-refractivity contribution >= 4 is 33.2 Å². The summed E-state index contributed by atoms with van der Waals surface area (Å²) in [5.41, 5.74) is 4.86. The highest BCUT2D eigenvalue weighted by Crippen LogP contribution is 2.47. The van der Waals surface area contributed by atoms with Gasteiger partial charge in [0.05, 0.1) is 28.7 Å². The van der Waals surface area contributed by atoms with Gasteiger partial charge in [0.25, 0.3) is 0 Å². The molecule has 0 radical (unpaired) electrons. The third-order valence-electron chi connectivity index (χ3n) is 9.97. The highest BCUT2D eigenvalue weighted by atomic mass is 35.5. The van der Waals surface area contributed by atoms with Crippen LogP contribution in [0.3, 0.4) is 0 Å². The molecule has 2 saturated heterocycles. The van der Waals surface area contributed by atoms with Gasteiger partial charge in [-0.05, 0) is 81.2 Å². The van der Waals surface area contributed by atoms with Crippen molar-refractivity contribution in [2.75, 3.05) is 24.7 Å². The molecule has 46 heavy (non-hydrogen) atoms. The van der Waals surface area contributed by atoms with E-state index >= 15 is 4.39 Å². The minimum absolute atomic E-state index is 0.0406. The minimum atomic E-state index is -3.75. The molecule has 1 amide bonds. The van der Waals surface area contributed by atoms with Crippen molar-refractivity contribution in [1.82, 2.24) is 9.88 Å². The summed E-state index contributed by atoms with van der Waals surface area (Å²) < 4.78 is 60.2. The number of aromatic nitrogens is 1. The van der Waals surface area contributed by atoms with Crippen molar-refractivity contribution in [1.29, 1.82) is 0 Å². The van der Waals surface area contributed by atoms with Crippen molar-refractivity contribution in [2.24, 2.45) is 5.92 Å². The van der Waals surface area contributed by atoms with Gasteiger partial charge in [0, 0.05) is 55.2 Å². The van der Waals surface area contributed by atoms with E-state index in [-0.39, 0.29) is 36.7 Å². The summed E-state index contributed by atoms with van der Waals surface area (Å²) in [5, 5.41) is 4.46. The Kier molecular flexibility index (Phi) is 8.86. The van der Waals surface area contributed by atoms with Gasteiger partial charge in [0.15, 0.2) is 0 Å². The number of fused-ring (bicyclic) bond motifs is 2. The maximum Gasteiger partial charge on any atom is 0.237 e. The largest absolute Gasteiger partial charge is 0.381 e. The van der Waals surface area contributed by atoms with Crippen LogP contribution in [0.1, 0.15) is 73.3 Å². The standard InChI is InChI=1S/C34H39ClFN3O6S/c1-20-3-2-4-27(35)32(20)33-26(34(45-37-33)22-7-8-22)19-44-30-17-24-16-23(30)18-39(24)29-9-5-21(15-28(29)36)6-10-31(40)38-46(41,42)25-11-13-43-14-12-25/h2-5,9,15,22-25,30H,6-8,10-14,16-19H2,1H3,(H,38,40)/t23-,24-,30+/m0/s1. The second kappa shape index (κ2) is 12.9. The summed E-state index contributed by atoms with van der Waals surface area (Å²) in [7, 11) is -3.75. The first kappa shape index (κ1) is 31.6. The zero-order valence-corrected chi connectivity index (χ0v) is 27.4. The molecule has 2 bridgehead atoms. The quantitative estimate of drug-likeness (QED) is 0.262. The molecule has 12 heteroatoms. The Morgan fingerprint density at radius 2 is 1.96 bits per heavy atom. The minimum Gasteiger partial charge on any atom is -0.381 e. The monoisotopic (exact) mass is 671 g/mol. The molecule has 4 aliphatic rings. The third-order valence-corrected chi connectivity index (χ3v) is 12.1. The number of ether oxygens (including phenoxy) is 2. The van der Waals surface area contributed by atoms with E-state index in [1.165, 1.54) is 6.07 Å². The number of amides is 1. The molecule has 1 N–H and O–H groups in total. The average molecular weight is 672 g/mol. The zero-order chi connectivity index (χ0) is 32.0. The molecule has 2 aliphatic carbocycles. The smallest absolute Gasteiger partial charge is 0.237 e. The van der Waals surface area contributed by atoms with Gasteiger partial charge < -0.3 is 18.9 Å². The van der Waals surface area contributed by atoms with E-state index in [0.29, 0.717) is 61.4 Å². The molecule has 2 aromatic carbocycles. The van der Waals surface area contributed by atoms with Crippen molar-refractivity contribution in [3.8, 4) is 11.3 Å². The van der Waals surface area contributed by atoms with E-state index < -0.39 is 21.2 Å². The summed E-state index contributed by atoms with van der Waals surface area (Å²) in [5.74, 6) is 0.642. The Labute approximate surface area is 273 Å². The summed E-state index contributed by atoms with van der Waals surface area (Å²) in [4.78, 5) is 14.5. The normalized spacial score (nSPS) is 23.3. The number of nitrogens with zero attached hydrogens (tertiary/aromatic N) is 2. The molecular weight excluding hydrogens is 633 g/mol. The van der Waals surface area contributed by atoms with Crippen LogP contribution in [0.25, 0.3) is 11.3 Å². The van der Waals surface area contributed by atoms with Crippen LogP contribution in [-0.4, -0.2) is 56.6 Å². The first-order valence-corrected chi connectivity index (χ1v) is 18.1. The third kappa shape index (κ3) is 6.43. The van der Waals surface area contributed by atoms with Crippen molar-refractivity contribution < 1.29 is 31.6 Å². The Morgan fingerprint density at radius 3 is 2.65 bits per heavy atom. The number of carbonyl (C=O) groups is 1. The van der Waals surface area contributed by atoms with Crippen LogP contribution in [0.4, 0.5) is 10.1 Å². The van der Waals surface area contributed by atoms with E-state index in [0.717, 1.165) is 53.8 Å². The highest BCUT2D eigenvalue weighted by Gasteiger charge is 2.46. The van der Waals surface area contributed by atoms with E-state index in [1.807, 2.05) is 31.2 Å². The number of hydrogen-bond donors (Lipinski definition) is 1. The molecule has 3 aromatic rings. The Balaban J connectivity index is 0.951. The lowest BCUT2D eigenvalue weighted by molar-refractivity contribution is -0.119. The fourth-order valence-corrected chi connectivity index (χ4v) is 9.04. The molecule has 9 nitrogen and oxygen atoms in total. The Bertz CT molecular complexity index is 1700. The Hall–Kier alpha value is -2.99. The average Bonchev–Trinajstić information content (AvgIpc) is 3.49. The zero-order valence-electron chi connectivity index (χ0n) is 25.8. The van der Waals surface area contributed by atoms with Gasteiger partial charge in [-0.2, -0.15) is 0 Å². The molecule has 3 heterocycles. The predicted molar refractivity (Wildman–Crippen MR) is 172 cm³/mol. The number of sulfonamides is 1. The lowest BCUT2D eigenvalue weighted by atomic mass is 10.00. The number of rotatable bonds is 11. The molecule has 246 valence electrons. The summed E-state index contributed by atoms with van der Waals surface area (Å²) in [6.45, 7) is 3.86. The maximum atomic E-state index is 15.4. The van der Waals surface area contributed by atoms with Gasteiger partial charge in [-0.1, -0.05) is 35.0 Å². The highest BCUT2D eigenvalue weighted by molar-refractivity contribution is 7.90. The number of nitrogens with one attached hydrogen (secondary N) is 1. The first-order chi connectivity index (χ1) is 22.2. The van der Waals surface area contributed by atoms with Crippen LogP contribution < -0.4 is 9.62 Å². The van der Waals surface area contributed by atoms with E-state index in [4.69, 9.17) is 25.6 Å². The molecule has 2 aliphatic heterocycles. The van der Waals surface area contributed by atoms with Crippen molar-refractivity contribution in [3.05, 3.63) is 69.7 Å². The van der Waals surface area contributed by atoms with Gasteiger partial charge in [-0.3, -0.25) is 9.52 Å². The molecule has 0 spiro atoms. The lowest BCUT2D eigenvalue weighted by Gasteiger charge is -2.33. The number of benzene rings is 2. The van der Waals surface area contributed by atoms with E-state index in [9.17, 15) is 13.2 Å². The lowest BCUT2D eigenvalue weighted by Crippen LogP contribution is -2.41. The second-order valence-corrected chi connectivity index (χ2v) is 15.5. The number of aryl methyl sites for hydroxylation is 2. The maximum absolute atomic E-state index is 15.4. The number of carbonyl (C=O) groups excluding carboxylic acids is 1. The van der Waals surface area contributed by atoms with Crippen LogP contribution in [0.15, 0.2) is 40.9 Å². The fraction of sp³-hybridized carbons (Fsp3) is 0.529. The summed E-state index contributed by atoms with van der Waals surface area (Å²) in [6.07, 6.45) is 4.91. The Morgan fingerprint density at radius 1 is 1.15 bits per heavy atom. The first-order valence-electron chi connectivity index (χ1n) is 16.2. The van der Waals surface area contributed by atoms with Crippen LogP contribution >= 0.6 is 11.6 Å². The topological polar surface area (TPSA) is 111 Å². The number of halogens is 2. The van der Waals surface area contributed by atoms with Gasteiger partial charge >= 0.3 is 0 Å².